The van der Waals surface area contributed by atoms with Gasteiger partial charge in [0.15, 0.2) is 11.0 Å². The minimum atomic E-state index is -0.988. The number of halogens is 2. The predicted molar refractivity (Wildman–Crippen MR) is 76.2 cm³/mol. The van der Waals surface area contributed by atoms with Gasteiger partial charge in [0.1, 0.15) is 0 Å². The number of hydrogen-bond donors (Lipinski definition) is 2. The lowest BCUT2D eigenvalue weighted by molar-refractivity contribution is 0.186. The van der Waals surface area contributed by atoms with Gasteiger partial charge in [0, 0.05) is 5.56 Å². The van der Waals surface area contributed by atoms with E-state index in [1.54, 1.807) is 0 Å². The zero-order chi connectivity index (χ0) is 14.9. The maximum atomic E-state index is 11.4. The highest BCUT2D eigenvalue weighted by Gasteiger charge is 2.23. The van der Waals surface area contributed by atoms with E-state index in [4.69, 9.17) is 23.2 Å². The van der Waals surface area contributed by atoms with Crippen molar-refractivity contribution in [2.75, 3.05) is 0 Å². The standard InChI is InChI=1S/C12H13Cl2N3O3/c1-2-3-4-5-6-7(13)9(14)17(20)10-8(6)15-11(18)12(19)16-10/h20H,2-5H2,1H3,(H,15,18). The van der Waals surface area contributed by atoms with E-state index < -0.39 is 11.1 Å². The molecule has 2 rings (SSSR count). The first kappa shape index (κ1) is 14.9. The Kier molecular flexibility index (Phi) is 4.35. The SMILES string of the molecule is CCCCCc1c2[nH]c(=O)c(=O)nc-2n(O)c(Cl)c1Cl. The average molecular weight is 318 g/mol. The van der Waals surface area contributed by atoms with Gasteiger partial charge in [-0.05, 0) is 12.8 Å². The zero-order valence-electron chi connectivity index (χ0n) is 10.7. The first-order valence-corrected chi connectivity index (χ1v) is 6.95. The number of aromatic amines is 1. The highest BCUT2D eigenvalue weighted by molar-refractivity contribution is 6.42. The van der Waals surface area contributed by atoms with Crippen LogP contribution in [0.5, 0.6) is 0 Å². The number of pyridine rings is 1. The van der Waals surface area contributed by atoms with Crippen LogP contribution >= 0.6 is 23.2 Å². The second kappa shape index (κ2) is 5.85. The number of H-pyrrole nitrogens is 1. The number of aromatic nitrogens is 3. The van der Waals surface area contributed by atoms with E-state index in [2.05, 4.69) is 16.9 Å². The second-order valence-electron chi connectivity index (χ2n) is 4.42. The summed E-state index contributed by atoms with van der Waals surface area (Å²) < 4.78 is 0.500. The van der Waals surface area contributed by atoms with Crippen LogP contribution in [0.1, 0.15) is 31.7 Å². The summed E-state index contributed by atoms with van der Waals surface area (Å²) >= 11 is 12.0. The maximum absolute atomic E-state index is 11.4. The van der Waals surface area contributed by atoms with Gasteiger partial charge in [-0.2, -0.15) is 9.71 Å². The summed E-state index contributed by atoms with van der Waals surface area (Å²) in [5.41, 5.74) is -1.02. The van der Waals surface area contributed by atoms with Gasteiger partial charge in [0.05, 0.1) is 10.7 Å². The third kappa shape index (κ3) is 2.53. The van der Waals surface area contributed by atoms with Crippen molar-refractivity contribution < 1.29 is 5.21 Å². The fourth-order valence-electron chi connectivity index (χ4n) is 2.00. The lowest BCUT2D eigenvalue weighted by Crippen LogP contribution is -2.32. The van der Waals surface area contributed by atoms with Crippen molar-refractivity contribution in [1.29, 1.82) is 0 Å². The molecule has 0 saturated carbocycles. The van der Waals surface area contributed by atoms with Crippen molar-refractivity contribution in [1.82, 2.24) is 14.7 Å². The van der Waals surface area contributed by atoms with Gasteiger partial charge in [-0.3, -0.25) is 9.59 Å². The topological polar surface area (TPSA) is 88.0 Å². The molecule has 2 aliphatic heterocycles. The molecule has 2 aliphatic rings. The number of nitrogens with zero attached hydrogens (tertiary/aromatic N) is 2. The first-order chi connectivity index (χ1) is 9.47. The Morgan fingerprint density at radius 3 is 2.65 bits per heavy atom. The van der Waals surface area contributed by atoms with E-state index >= 15 is 0 Å². The van der Waals surface area contributed by atoms with Crippen LogP contribution in [0.15, 0.2) is 9.59 Å². The number of hydrogen-bond acceptors (Lipinski definition) is 4. The Morgan fingerprint density at radius 2 is 2.00 bits per heavy atom. The molecule has 6 nitrogen and oxygen atoms in total. The van der Waals surface area contributed by atoms with Gasteiger partial charge in [0.25, 0.3) is 0 Å². The fraction of sp³-hybridized carbons (Fsp3) is 0.417. The fourth-order valence-corrected chi connectivity index (χ4v) is 2.46. The first-order valence-electron chi connectivity index (χ1n) is 6.19. The minimum Gasteiger partial charge on any atom is -0.425 e. The van der Waals surface area contributed by atoms with Crippen LogP contribution in [0.2, 0.25) is 10.2 Å². The molecular formula is C12H13Cl2N3O3. The molecule has 0 atom stereocenters. The summed E-state index contributed by atoms with van der Waals surface area (Å²) in [6.07, 6.45) is 3.42. The van der Waals surface area contributed by atoms with E-state index in [0.717, 1.165) is 19.3 Å². The Balaban J connectivity index is 2.70. The largest absolute Gasteiger partial charge is 0.425 e. The molecule has 0 aliphatic carbocycles. The number of unbranched alkanes of at least 4 members (excludes halogenated alkanes) is 2. The lowest BCUT2D eigenvalue weighted by atomic mass is 10.0. The van der Waals surface area contributed by atoms with Gasteiger partial charge >= 0.3 is 11.1 Å². The molecule has 20 heavy (non-hydrogen) atoms. The van der Waals surface area contributed by atoms with Crippen LogP contribution < -0.4 is 11.1 Å². The molecule has 0 fully saturated rings. The van der Waals surface area contributed by atoms with Gasteiger partial charge in [-0.25, -0.2) is 0 Å². The molecule has 2 heterocycles. The van der Waals surface area contributed by atoms with Crippen LogP contribution in [0.4, 0.5) is 0 Å². The van der Waals surface area contributed by atoms with Crippen LogP contribution in [0, 0.1) is 0 Å². The third-order valence-electron chi connectivity index (χ3n) is 3.03. The number of nitrogens with one attached hydrogen (secondary N) is 1. The molecule has 0 unspecified atom stereocenters. The molecule has 0 aromatic rings. The molecule has 0 aromatic heterocycles. The summed E-state index contributed by atoms with van der Waals surface area (Å²) in [5, 5.41) is 9.84. The highest BCUT2D eigenvalue weighted by atomic mass is 35.5. The molecule has 2 N–H and O–H groups in total. The van der Waals surface area contributed by atoms with Gasteiger partial charge in [0.2, 0.25) is 0 Å². The Bertz CT molecular complexity index is 723. The molecule has 0 spiro atoms. The molecule has 8 heteroatoms. The van der Waals surface area contributed by atoms with Gasteiger partial charge < -0.3 is 10.2 Å². The van der Waals surface area contributed by atoms with Crippen molar-refractivity contribution in [3.05, 3.63) is 36.4 Å². The van der Waals surface area contributed by atoms with Crippen LogP contribution in [0.25, 0.3) is 11.5 Å². The molecule has 0 saturated heterocycles. The van der Waals surface area contributed by atoms with Crippen LogP contribution in [-0.4, -0.2) is 19.9 Å². The summed E-state index contributed by atoms with van der Waals surface area (Å²) in [6, 6.07) is 0. The average Bonchev–Trinajstić information content (AvgIpc) is 2.43. The van der Waals surface area contributed by atoms with Gasteiger partial charge in [-0.15, -0.1) is 0 Å². The van der Waals surface area contributed by atoms with E-state index in [1.165, 1.54) is 0 Å². The van der Waals surface area contributed by atoms with Gasteiger partial charge in [-0.1, -0.05) is 43.0 Å². The van der Waals surface area contributed by atoms with E-state index in [1.807, 2.05) is 0 Å². The molecule has 0 aromatic carbocycles. The summed E-state index contributed by atoms with van der Waals surface area (Å²) in [5.74, 6) is -0.101. The molecular weight excluding hydrogens is 305 g/mol. The Hall–Kier alpha value is -1.53. The zero-order valence-corrected chi connectivity index (χ0v) is 12.3. The normalized spacial score (nSPS) is 11.2. The smallest absolute Gasteiger partial charge is 0.337 e. The van der Waals surface area contributed by atoms with Crippen LogP contribution in [-0.2, 0) is 6.42 Å². The van der Waals surface area contributed by atoms with Crippen molar-refractivity contribution in [3.63, 3.8) is 0 Å². The number of fused-ring (bicyclic) bond motifs is 1. The van der Waals surface area contributed by atoms with Crippen molar-refractivity contribution in [2.45, 2.75) is 32.6 Å². The van der Waals surface area contributed by atoms with Crippen molar-refractivity contribution in [3.8, 4) is 11.5 Å². The quantitative estimate of drug-likeness (QED) is 0.392. The van der Waals surface area contributed by atoms with Crippen LogP contribution in [0.3, 0.4) is 0 Å². The molecule has 108 valence electrons. The molecule has 0 radical (unpaired) electrons. The van der Waals surface area contributed by atoms with E-state index in [9.17, 15) is 14.8 Å². The number of rotatable bonds is 4. The molecule has 0 amide bonds. The predicted octanol–water partition coefficient (Wildman–Crippen LogP) is 2.31. The minimum absolute atomic E-state index is 0.101. The van der Waals surface area contributed by atoms with E-state index in [-0.39, 0.29) is 21.7 Å². The third-order valence-corrected chi connectivity index (χ3v) is 3.88. The van der Waals surface area contributed by atoms with Crippen molar-refractivity contribution in [2.24, 2.45) is 0 Å². The maximum Gasteiger partial charge on any atom is 0.337 e. The molecule has 0 bridgehead atoms. The monoisotopic (exact) mass is 317 g/mol. The lowest BCUT2D eigenvalue weighted by Gasteiger charge is -2.16. The van der Waals surface area contributed by atoms with Crippen molar-refractivity contribution >= 4 is 23.2 Å². The Labute approximate surface area is 124 Å². The Morgan fingerprint density at radius 1 is 1.30 bits per heavy atom. The summed E-state index contributed by atoms with van der Waals surface area (Å²) in [6.45, 7) is 2.06. The highest BCUT2D eigenvalue weighted by Crippen LogP contribution is 2.34. The van der Waals surface area contributed by atoms with E-state index in [0.29, 0.717) is 16.7 Å². The summed E-state index contributed by atoms with van der Waals surface area (Å²) in [7, 11) is 0. The second-order valence-corrected chi connectivity index (χ2v) is 5.16. The summed E-state index contributed by atoms with van der Waals surface area (Å²) in [4.78, 5) is 28.7.